The monoisotopic (exact) mass is 407 g/mol. The number of H-pyrrole nitrogens is 1. The summed E-state index contributed by atoms with van der Waals surface area (Å²) in [6, 6.07) is 4.52. The van der Waals surface area contributed by atoms with Gasteiger partial charge < -0.3 is 20.5 Å². The van der Waals surface area contributed by atoms with Gasteiger partial charge in [-0.15, -0.1) is 0 Å². The van der Waals surface area contributed by atoms with E-state index in [-0.39, 0.29) is 37.4 Å². The predicted molar refractivity (Wildman–Crippen MR) is 101 cm³/mol. The van der Waals surface area contributed by atoms with Crippen LogP contribution in [0.5, 0.6) is 0 Å². The number of rotatable bonds is 3. The van der Waals surface area contributed by atoms with Crippen molar-refractivity contribution in [2.45, 2.75) is 18.8 Å². The average molecular weight is 407 g/mol. The van der Waals surface area contributed by atoms with Gasteiger partial charge in [0.2, 0.25) is 0 Å². The molecule has 1 aromatic carbocycles. The van der Waals surface area contributed by atoms with Crippen LogP contribution in [0.1, 0.15) is 12.8 Å². The number of pyridine rings is 1. The third kappa shape index (κ3) is 4.10. The summed E-state index contributed by atoms with van der Waals surface area (Å²) in [5.41, 5.74) is 1.10. The molecule has 2 amide bonds. The number of anilines is 3. The highest BCUT2D eigenvalue weighted by molar-refractivity contribution is 6.05. The SMILES string of the molecule is O=C(Nc1cnc(N2CCC(F)(F)CC2)c(F)c1)Nc1c[nH]c2ccc(F)cc12. The summed E-state index contributed by atoms with van der Waals surface area (Å²) >= 11 is 0. The quantitative estimate of drug-likeness (QED) is 0.550. The Morgan fingerprint density at radius 1 is 1.14 bits per heavy atom. The molecule has 0 spiro atoms. The lowest BCUT2D eigenvalue weighted by Gasteiger charge is -2.32. The van der Waals surface area contributed by atoms with Gasteiger partial charge in [0.05, 0.1) is 17.6 Å². The first kappa shape index (κ1) is 19.0. The van der Waals surface area contributed by atoms with Gasteiger partial charge in [-0.3, -0.25) is 0 Å². The molecule has 1 fully saturated rings. The van der Waals surface area contributed by atoms with E-state index in [0.29, 0.717) is 16.6 Å². The van der Waals surface area contributed by atoms with E-state index in [1.807, 2.05) is 0 Å². The van der Waals surface area contributed by atoms with Gasteiger partial charge in [0.25, 0.3) is 5.92 Å². The number of carbonyl (C=O) groups excluding carboxylic acids is 1. The maximum atomic E-state index is 14.4. The summed E-state index contributed by atoms with van der Waals surface area (Å²) in [6.45, 7) is 0.00259. The van der Waals surface area contributed by atoms with Crippen LogP contribution in [-0.2, 0) is 0 Å². The van der Waals surface area contributed by atoms with E-state index < -0.39 is 23.6 Å². The molecular weight excluding hydrogens is 390 g/mol. The van der Waals surface area contributed by atoms with Gasteiger partial charge in [-0.2, -0.15) is 0 Å². The number of nitrogens with one attached hydrogen (secondary N) is 3. The topological polar surface area (TPSA) is 73.1 Å². The smallest absolute Gasteiger partial charge is 0.323 e. The number of fused-ring (bicyclic) bond motifs is 1. The fourth-order valence-electron chi connectivity index (χ4n) is 3.26. The number of carbonyl (C=O) groups is 1. The molecule has 0 unspecified atom stereocenters. The van der Waals surface area contributed by atoms with Gasteiger partial charge in [-0.1, -0.05) is 0 Å². The minimum absolute atomic E-state index is 0.00129. The third-order valence-corrected chi connectivity index (χ3v) is 4.77. The van der Waals surface area contributed by atoms with Crippen molar-refractivity contribution in [3.63, 3.8) is 0 Å². The Kier molecular flexibility index (Phi) is 4.77. The first-order valence-electron chi connectivity index (χ1n) is 8.94. The minimum Gasteiger partial charge on any atom is -0.359 e. The van der Waals surface area contributed by atoms with E-state index in [2.05, 4.69) is 20.6 Å². The molecule has 6 nitrogen and oxygen atoms in total. The number of hydrogen-bond donors (Lipinski definition) is 3. The zero-order chi connectivity index (χ0) is 20.6. The molecule has 1 saturated heterocycles. The molecular formula is C19H17F4N5O. The number of piperidine rings is 1. The molecule has 0 aliphatic carbocycles. The lowest BCUT2D eigenvalue weighted by atomic mass is 10.1. The summed E-state index contributed by atoms with van der Waals surface area (Å²) in [7, 11) is 0. The molecule has 4 rings (SSSR count). The second-order valence-corrected chi connectivity index (χ2v) is 6.84. The molecule has 152 valence electrons. The largest absolute Gasteiger partial charge is 0.359 e. The van der Waals surface area contributed by atoms with Gasteiger partial charge in [0, 0.05) is 49.1 Å². The van der Waals surface area contributed by atoms with Gasteiger partial charge in [0.1, 0.15) is 5.82 Å². The minimum atomic E-state index is -2.74. The van der Waals surface area contributed by atoms with Crippen LogP contribution >= 0.6 is 0 Å². The summed E-state index contributed by atoms with van der Waals surface area (Å²) in [4.78, 5) is 20.5. The standard InChI is InChI=1S/C19H17F4N5O/c20-11-1-2-15-13(7-11)16(10-24-15)27-18(29)26-12-8-14(21)17(25-9-12)28-5-3-19(22,23)4-6-28/h1-2,7-10,24H,3-6H2,(H2,26,27,29). The van der Waals surface area contributed by atoms with Crippen LogP contribution in [0.2, 0.25) is 0 Å². The molecule has 10 heteroatoms. The van der Waals surface area contributed by atoms with Crippen LogP contribution in [0.25, 0.3) is 10.9 Å². The van der Waals surface area contributed by atoms with Crippen LogP contribution in [-0.4, -0.2) is 35.0 Å². The molecule has 3 aromatic rings. The van der Waals surface area contributed by atoms with Crippen LogP contribution in [0.3, 0.4) is 0 Å². The van der Waals surface area contributed by atoms with Crippen LogP contribution in [0.4, 0.5) is 39.5 Å². The molecule has 0 radical (unpaired) electrons. The molecule has 3 N–H and O–H groups in total. The number of amides is 2. The highest BCUT2D eigenvalue weighted by atomic mass is 19.3. The predicted octanol–water partition coefficient (Wildman–Crippen LogP) is 4.72. The van der Waals surface area contributed by atoms with E-state index in [9.17, 15) is 22.4 Å². The Morgan fingerprint density at radius 2 is 1.90 bits per heavy atom. The van der Waals surface area contributed by atoms with Crippen LogP contribution < -0.4 is 15.5 Å². The number of aromatic amines is 1. The van der Waals surface area contributed by atoms with Crippen LogP contribution in [0, 0.1) is 11.6 Å². The highest BCUT2D eigenvalue weighted by Gasteiger charge is 2.35. The Hall–Kier alpha value is -3.30. The second kappa shape index (κ2) is 7.26. The van der Waals surface area contributed by atoms with Crippen molar-refractivity contribution in [3.8, 4) is 0 Å². The molecule has 0 saturated carbocycles. The van der Waals surface area contributed by atoms with Gasteiger partial charge in [-0.25, -0.2) is 27.3 Å². The molecule has 2 aromatic heterocycles. The van der Waals surface area contributed by atoms with Crippen molar-refractivity contribution in [2.75, 3.05) is 28.6 Å². The van der Waals surface area contributed by atoms with Gasteiger partial charge in [-0.05, 0) is 18.2 Å². The number of hydrogen-bond acceptors (Lipinski definition) is 3. The fourth-order valence-corrected chi connectivity index (χ4v) is 3.26. The first-order valence-corrected chi connectivity index (χ1v) is 8.94. The highest BCUT2D eigenvalue weighted by Crippen LogP contribution is 2.31. The van der Waals surface area contributed by atoms with E-state index in [1.165, 1.54) is 29.4 Å². The number of halogens is 4. The Bertz CT molecular complexity index is 1060. The van der Waals surface area contributed by atoms with Crippen LogP contribution in [0.15, 0.2) is 36.7 Å². The molecule has 1 aliphatic rings. The van der Waals surface area contributed by atoms with E-state index in [0.717, 1.165) is 6.07 Å². The van der Waals surface area contributed by atoms with Crippen molar-refractivity contribution in [3.05, 3.63) is 48.3 Å². The maximum absolute atomic E-state index is 14.4. The third-order valence-electron chi connectivity index (χ3n) is 4.77. The average Bonchev–Trinajstić information content (AvgIpc) is 3.04. The number of alkyl halides is 2. The van der Waals surface area contributed by atoms with Crippen molar-refractivity contribution < 1.29 is 22.4 Å². The molecule has 3 heterocycles. The maximum Gasteiger partial charge on any atom is 0.323 e. The summed E-state index contributed by atoms with van der Waals surface area (Å²) in [6.07, 6.45) is 2.04. The number of urea groups is 1. The molecule has 0 atom stereocenters. The Morgan fingerprint density at radius 3 is 2.62 bits per heavy atom. The summed E-state index contributed by atoms with van der Waals surface area (Å²) < 4.78 is 54.3. The number of aromatic nitrogens is 2. The zero-order valence-electron chi connectivity index (χ0n) is 15.1. The Balaban J connectivity index is 1.43. The number of benzene rings is 1. The first-order chi connectivity index (χ1) is 13.8. The molecule has 1 aliphatic heterocycles. The van der Waals surface area contributed by atoms with Crippen molar-refractivity contribution in [1.82, 2.24) is 9.97 Å². The summed E-state index contributed by atoms with van der Waals surface area (Å²) in [5.74, 6) is -3.93. The van der Waals surface area contributed by atoms with E-state index in [1.54, 1.807) is 6.07 Å². The lowest BCUT2D eigenvalue weighted by molar-refractivity contribution is -0.0222. The normalized spacial score (nSPS) is 16.1. The van der Waals surface area contributed by atoms with Gasteiger partial charge in [0.15, 0.2) is 11.6 Å². The Labute approximate surface area is 162 Å². The molecule has 0 bridgehead atoms. The number of nitrogens with zero attached hydrogens (tertiary/aromatic N) is 2. The summed E-state index contributed by atoms with van der Waals surface area (Å²) in [5, 5.41) is 5.49. The van der Waals surface area contributed by atoms with Gasteiger partial charge >= 0.3 is 6.03 Å². The fraction of sp³-hybridized carbons (Fsp3) is 0.263. The van der Waals surface area contributed by atoms with Crippen molar-refractivity contribution in [1.29, 1.82) is 0 Å². The van der Waals surface area contributed by atoms with E-state index >= 15 is 0 Å². The van der Waals surface area contributed by atoms with Crippen molar-refractivity contribution >= 4 is 34.1 Å². The zero-order valence-corrected chi connectivity index (χ0v) is 15.1. The van der Waals surface area contributed by atoms with E-state index in [4.69, 9.17) is 0 Å². The molecule has 29 heavy (non-hydrogen) atoms. The van der Waals surface area contributed by atoms with Crippen molar-refractivity contribution in [2.24, 2.45) is 0 Å². The lowest BCUT2D eigenvalue weighted by Crippen LogP contribution is -2.40. The second-order valence-electron chi connectivity index (χ2n) is 6.84.